The summed E-state index contributed by atoms with van der Waals surface area (Å²) in [5.41, 5.74) is 0.546. The van der Waals surface area contributed by atoms with Crippen molar-refractivity contribution >= 4 is 5.97 Å². The van der Waals surface area contributed by atoms with Crippen LogP contribution in [0.5, 0.6) is 0 Å². The topological polar surface area (TPSA) is 50.2 Å². The van der Waals surface area contributed by atoms with Gasteiger partial charge in [-0.2, -0.15) is 4.39 Å². The van der Waals surface area contributed by atoms with Crippen LogP contribution in [0.25, 0.3) is 0 Å². The van der Waals surface area contributed by atoms with Crippen LogP contribution < -0.4 is 0 Å². The van der Waals surface area contributed by atoms with Crippen LogP contribution in [0.4, 0.5) is 4.39 Å². The average Bonchev–Trinajstić information content (AvgIpc) is 2.13. The van der Waals surface area contributed by atoms with Crippen LogP contribution >= 0.6 is 0 Å². The first-order chi connectivity index (χ1) is 7.12. The summed E-state index contributed by atoms with van der Waals surface area (Å²) in [6.07, 6.45) is 4.31. The molecule has 0 bridgehead atoms. The van der Waals surface area contributed by atoms with Crippen LogP contribution in [0.15, 0.2) is 18.3 Å². The third-order valence-electron chi connectivity index (χ3n) is 3.14. The van der Waals surface area contributed by atoms with Crippen LogP contribution in [-0.4, -0.2) is 16.1 Å². The Balaban J connectivity index is 2.26. The van der Waals surface area contributed by atoms with Gasteiger partial charge in [0.2, 0.25) is 5.95 Å². The molecule has 1 fully saturated rings. The maximum absolute atomic E-state index is 12.6. The molecule has 0 saturated heterocycles. The summed E-state index contributed by atoms with van der Waals surface area (Å²) in [5.74, 6) is -1.33. The minimum Gasteiger partial charge on any atom is -0.481 e. The standard InChI is InChI=1S/C11H12FNO2/c12-9-3-2-8(7-13-9)11(4-1-5-11)6-10(14)15/h2-3,7H,1,4-6H2,(H,14,15). The molecule has 0 amide bonds. The second kappa shape index (κ2) is 3.61. The van der Waals surface area contributed by atoms with Gasteiger partial charge in [0.15, 0.2) is 0 Å². The third kappa shape index (κ3) is 1.84. The number of halogens is 1. The highest BCUT2D eigenvalue weighted by molar-refractivity contribution is 5.69. The Hall–Kier alpha value is -1.45. The molecule has 1 aliphatic carbocycles. The van der Waals surface area contributed by atoms with Gasteiger partial charge in [0.25, 0.3) is 0 Å². The molecule has 1 N–H and O–H groups in total. The van der Waals surface area contributed by atoms with Crippen molar-refractivity contribution in [3.63, 3.8) is 0 Å². The average molecular weight is 209 g/mol. The number of pyridine rings is 1. The normalized spacial score (nSPS) is 18.2. The molecule has 1 aromatic rings. The smallest absolute Gasteiger partial charge is 0.304 e. The predicted octanol–water partition coefficient (Wildman–Crippen LogP) is 2.12. The van der Waals surface area contributed by atoms with Crippen LogP contribution in [0.2, 0.25) is 0 Å². The van der Waals surface area contributed by atoms with Gasteiger partial charge < -0.3 is 5.11 Å². The van der Waals surface area contributed by atoms with E-state index in [1.54, 1.807) is 6.07 Å². The van der Waals surface area contributed by atoms with E-state index in [0.717, 1.165) is 24.8 Å². The number of aromatic nitrogens is 1. The zero-order chi connectivity index (χ0) is 10.9. The van der Waals surface area contributed by atoms with E-state index in [9.17, 15) is 9.18 Å². The van der Waals surface area contributed by atoms with E-state index in [4.69, 9.17) is 5.11 Å². The highest BCUT2D eigenvalue weighted by Gasteiger charge is 2.40. The maximum atomic E-state index is 12.6. The van der Waals surface area contributed by atoms with E-state index in [1.807, 2.05) is 0 Å². The fraction of sp³-hybridized carbons (Fsp3) is 0.455. The molecule has 1 aromatic heterocycles. The molecule has 0 unspecified atom stereocenters. The maximum Gasteiger partial charge on any atom is 0.304 e. The quantitative estimate of drug-likeness (QED) is 0.776. The summed E-state index contributed by atoms with van der Waals surface area (Å²) < 4.78 is 12.6. The van der Waals surface area contributed by atoms with Gasteiger partial charge in [-0.25, -0.2) is 4.98 Å². The number of hydrogen-bond donors (Lipinski definition) is 1. The molecule has 1 saturated carbocycles. The number of aliphatic carboxylic acids is 1. The van der Waals surface area contributed by atoms with E-state index in [0.29, 0.717) is 0 Å². The molecule has 0 aliphatic heterocycles. The lowest BCUT2D eigenvalue weighted by Crippen LogP contribution is -2.36. The van der Waals surface area contributed by atoms with Gasteiger partial charge in [0, 0.05) is 11.6 Å². The molecular weight excluding hydrogens is 197 g/mol. The van der Waals surface area contributed by atoms with Gasteiger partial charge in [-0.05, 0) is 24.5 Å². The van der Waals surface area contributed by atoms with Gasteiger partial charge in [-0.15, -0.1) is 0 Å². The summed E-state index contributed by atoms with van der Waals surface area (Å²) in [5, 5.41) is 8.84. The van der Waals surface area contributed by atoms with Crippen LogP contribution in [0.1, 0.15) is 31.2 Å². The summed E-state index contributed by atoms with van der Waals surface area (Å²) in [7, 11) is 0. The molecule has 2 rings (SSSR count). The molecular formula is C11H12FNO2. The zero-order valence-electron chi connectivity index (χ0n) is 8.24. The lowest BCUT2D eigenvalue weighted by Gasteiger charge is -2.41. The van der Waals surface area contributed by atoms with Gasteiger partial charge in [0.05, 0.1) is 6.42 Å². The minimum atomic E-state index is -0.806. The third-order valence-corrected chi connectivity index (χ3v) is 3.14. The molecule has 3 nitrogen and oxygen atoms in total. The Morgan fingerprint density at radius 1 is 1.53 bits per heavy atom. The number of hydrogen-bond acceptors (Lipinski definition) is 2. The number of nitrogens with zero attached hydrogens (tertiary/aromatic N) is 1. The summed E-state index contributed by atoms with van der Waals surface area (Å²) in [6.45, 7) is 0. The second-order valence-electron chi connectivity index (χ2n) is 4.07. The van der Waals surface area contributed by atoms with Crippen molar-refractivity contribution in [3.05, 3.63) is 29.8 Å². The van der Waals surface area contributed by atoms with Crippen molar-refractivity contribution in [2.24, 2.45) is 0 Å². The predicted molar refractivity (Wildman–Crippen MR) is 52.0 cm³/mol. The van der Waals surface area contributed by atoms with Crippen LogP contribution in [0, 0.1) is 5.95 Å². The van der Waals surface area contributed by atoms with Gasteiger partial charge in [0.1, 0.15) is 0 Å². The van der Waals surface area contributed by atoms with E-state index in [-0.39, 0.29) is 11.8 Å². The van der Waals surface area contributed by atoms with Gasteiger partial charge >= 0.3 is 5.97 Å². The Morgan fingerprint density at radius 2 is 2.27 bits per heavy atom. The number of carboxylic acids is 1. The first kappa shape index (κ1) is 10.1. The molecule has 0 atom stereocenters. The van der Waals surface area contributed by atoms with E-state index < -0.39 is 11.9 Å². The lowest BCUT2D eigenvalue weighted by molar-refractivity contribution is -0.139. The summed E-state index contributed by atoms with van der Waals surface area (Å²) in [4.78, 5) is 14.3. The highest BCUT2D eigenvalue weighted by atomic mass is 19.1. The number of carboxylic acid groups (broad SMARTS) is 1. The highest BCUT2D eigenvalue weighted by Crippen LogP contribution is 2.46. The molecule has 1 aliphatic rings. The summed E-state index contributed by atoms with van der Waals surface area (Å²) in [6, 6.07) is 2.93. The first-order valence-electron chi connectivity index (χ1n) is 4.96. The fourth-order valence-electron chi connectivity index (χ4n) is 2.15. The Morgan fingerprint density at radius 3 is 2.67 bits per heavy atom. The molecule has 0 radical (unpaired) electrons. The van der Waals surface area contributed by atoms with Crippen molar-refractivity contribution in [1.82, 2.24) is 4.98 Å². The summed E-state index contributed by atoms with van der Waals surface area (Å²) >= 11 is 0. The first-order valence-corrected chi connectivity index (χ1v) is 4.96. The van der Waals surface area contributed by atoms with E-state index in [1.165, 1.54) is 12.3 Å². The number of rotatable bonds is 3. The fourth-order valence-corrected chi connectivity index (χ4v) is 2.15. The Kier molecular flexibility index (Phi) is 2.42. The molecule has 80 valence electrons. The van der Waals surface area contributed by atoms with E-state index >= 15 is 0 Å². The molecule has 15 heavy (non-hydrogen) atoms. The molecule has 1 heterocycles. The van der Waals surface area contributed by atoms with Gasteiger partial charge in [-0.1, -0.05) is 12.5 Å². The Labute approximate surface area is 87.0 Å². The van der Waals surface area contributed by atoms with Crippen LogP contribution in [0.3, 0.4) is 0 Å². The molecule has 0 spiro atoms. The number of carbonyl (C=O) groups is 1. The minimum absolute atomic E-state index is 0.111. The van der Waals surface area contributed by atoms with Crippen molar-refractivity contribution in [2.45, 2.75) is 31.1 Å². The van der Waals surface area contributed by atoms with Crippen molar-refractivity contribution in [2.75, 3.05) is 0 Å². The van der Waals surface area contributed by atoms with E-state index in [2.05, 4.69) is 4.98 Å². The second-order valence-corrected chi connectivity index (χ2v) is 4.07. The molecule has 4 heteroatoms. The van der Waals surface area contributed by atoms with Crippen molar-refractivity contribution in [3.8, 4) is 0 Å². The monoisotopic (exact) mass is 209 g/mol. The molecule has 0 aromatic carbocycles. The zero-order valence-corrected chi connectivity index (χ0v) is 8.24. The van der Waals surface area contributed by atoms with Gasteiger partial charge in [-0.3, -0.25) is 4.79 Å². The van der Waals surface area contributed by atoms with Crippen molar-refractivity contribution in [1.29, 1.82) is 0 Å². The largest absolute Gasteiger partial charge is 0.481 e. The lowest BCUT2D eigenvalue weighted by atomic mass is 9.63. The van der Waals surface area contributed by atoms with Crippen LogP contribution in [-0.2, 0) is 10.2 Å². The van der Waals surface area contributed by atoms with Crippen molar-refractivity contribution < 1.29 is 14.3 Å². The SMILES string of the molecule is O=C(O)CC1(c2ccc(F)nc2)CCC1. The Bertz CT molecular complexity index is 371.